The molecule has 4 rings (SSSR count). The van der Waals surface area contributed by atoms with E-state index in [0.717, 1.165) is 84.4 Å². The number of hydrogen-bond acceptors (Lipinski definition) is 6. The van der Waals surface area contributed by atoms with Crippen LogP contribution in [0.15, 0.2) is 0 Å². The van der Waals surface area contributed by atoms with Gasteiger partial charge in [0.1, 0.15) is 10.7 Å². The summed E-state index contributed by atoms with van der Waals surface area (Å²) in [5.74, 6) is 1.50. The van der Waals surface area contributed by atoms with Gasteiger partial charge in [-0.25, -0.2) is 9.97 Å². The second-order valence-corrected chi connectivity index (χ2v) is 8.59. The fraction of sp³-hybridized carbons (Fsp3) is 0.650. The average Bonchev–Trinajstić information content (AvgIpc) is 3.46. The number of carbonyl (C=O) groups excluding carboxylic acids is 1. The zero-order valence-electron chi connectivity index (χ0n) is 16.2. The fourth-order valence-corrected chi connectivity index (χ4v) is 4.82. The van der Waals surface area contributed by atoms with Gasteiger partial charge in [0.2, 0.25) is 0 Å². The number of thiophene rings is 1. The SMILES string of the molecule is Cc1nc(C2CC2)nc2sc(C(=O)NCCCCN3CCOCC3)c(C)c12. The third kappa shape index (κ3) is 4.31. The molecule has 2 fully saturated rings. The molecule has 6 nitrogen and oxygen atoms in total. The molecule has 7 heteroatoms. The normalized spacial score (nSPS) is 18.1. The Balaban J connectivity index is 1.33. The van der Waals surface area contributed by atoms with Crippen LogP contribution >= 0.6 is 11.3 Å². The molecule has 1 saturated carbocycles. The molecule has 2 aromatic rings. The first-order chi connectivity index (χ1) is 13.1. The van der Waals surface area contributed by atoms with Crippen LogP contribution in [0.3, 0.4) is 0 Å². The van der Waals surface area contributed by atoms with Gasteiger partial charge in [-0.15, -0.1) is 11.3 Å². The molecular formula is C20H28N4O2S. The Bertz CT molecular complexity index is 825. The number of aryl methyl sites for hydroxylation is 2. The second kappa shape index (κ2) is 8.20. The number of carbonyl (C=O) groups is 1. The first kappa shape index (κ1) is 18.8. The standard InChI is InChI=1S/C20H28N4O2S/c1-13-16-14(2)22-18(15-5-6-15)23-20(16)27-17(13)19(25)21-7-3-4-8-24-9-11-26-12-10-24/h15H,3-12H2,1-2H3,(H,21,25). The Hall–Kier alpha value is -1.57. The van der Waals surface area contributed by atoms with Crippen LogP contribution in [-0.4, -0.2) is 60.2 Å². The Kier molecular flexibility index (Phi) is 5.71. The molecule has 0 radical (unpaired) electrons. The lowest BCUT2D eigenvalue weighted by Gasteiger charge is -2.26. The van der Waals surface area contributed by atoms with Gasteiger partial charge >= 0.3 is 0 Å². The van der Waals surface area contributed by atoms with Gasteiger partial charge in [0.15, 0.2) is 0 Å². The van der Waals surface area contributed by atoms with Crippen molar-refractivity contribution in [1.29, 1.82) is 0 Å². The fourth-order valence-electron chi connectivity index (χ4n) is 3.67. The van der Waals surface area contributed by atoms with E-state index in [2.05, 4.69) is 15.2 Å². The van der Waals surface area contributed by atoms with Crippen LogP contribution in [0.2, 0.25) is 0 Å². The topological polar surface area (TPSA) is 67.4 Å². The molecule has 1 aliphatic carbocycles. The molecule has 0 unspecified atom stereocenters. The highest BCUT2D eigenvalue weighted by molar-refractivity contribution is 7.20. The molecule has 0 bridgehead atoms. The van der Waals surface area contributed by atoms with Crippen LogP contribution in [0, 0.1) is 13.8 Å². The highest BCUT2D eigenvalue weighted by Crippen LogP contribution is 2.40. The molecular weight excluding hydrogens is 360 g/mol. The highest BCUT2D eigenvalue weighted by Gasteiger charge is 2.28. The van der Waals surface area contributed by atoms with Crippen LogP contribution in [0.4, 0.5) is 0 Å². The first-order valence-electron chi connectivity index (χ1n) is 9.99. The summed E-state index contributed by atoms with van der Waals surface area (Å²) in [6, 6.07) is 0. The van der Waals surface area contributed by atoms with Crippen LogP contribution in [0.25, 0.3) is 10.2 Å². The minimum Gasteiger partial charge on any atom is -0.379 e. The maximum atomic E-state index is 12.7. The lowest BCUT2D eigenvalue weighted by Crippen LogP contribution is -2.37. The number of unbranched alkanes of at least 4 members (excludes halogenated alkanes) is 1. The van der Waals surface area contributed by atoms with Gasteiger partial charge in [0, 0.05) is 30.9 Å². The summed E-state index contributed by atoms with van der Waals surface area (Å²) in [4.78, 5) is 26.2. The van der Waals surface area contributed by atoms with Gasteiger partial charge < -0.3 is 10.1 Å². The summed E-state index contributed by atoms with van der Waals surface area (Å²) in [6.07, 6.45) is 4.47. The third-order valence-electron chi connectivity index (χ3n) is 5.43. The third-order valence-corrected chi connectivity index (χ3v) is 6.61. The van der Waals surface area contributed by atoms with Crippen LogP contribution in [0.5, 0.6) is 0 Å². The summed E-state index contributed by atoms with van der Waals surface area (Å²) < 4.78 is 5.37. The van der Waals surface area contributed by atoms with Crippen molar-refractivity contribution < 1.29 is 9.53 Å². The van der Waals surface area contributed by atoms with Crippen molar-refractivity contribution in [3.63, 3.8) is 0 Å². The van der Waals surface area contributed by atoms with Crippen molar-refractivity contribution in [1.82, 2.24) is 20.2 Å². The quantitative estimate of drug-likeness (QED) is 0.739. The molecule has 3 heterocycles. The lowest BCUT2D eigenvalue weighted by atomic mass is 10.1. The number of fused-ring (bicyclic) bond motifs is 1. The largest absolute Gasteiger partial charge is 0.379 e. The highest BCUT2D eigenvalue weighted by atomic mass is 32.1. The van der Waals surface area contributed by atoms with Crippen molar-refractivity contribution >= 4 is 27.5 Å². The van der Waals surface area contributed by atoms with Crippen molar-refractivity contribution in [2.45, 2.75) is 45.4 Å². The maximum Gasteiger partial charge on any atom is 0.261 e. The van der Waals surface area contributed by atoms with Gasteiger partial charge in [0.25, 0.3) is 5.91 Å². The number of ether oxygens (including phenoxy) is 1. The number of aromatic nitrogens is 2. The van der Waals surface area contributed by atoms with E-state index in [1.807, 2.05) is 13.8 Å². The van der Waals surface area contributed by atoms with E-state index in [9.17, 15) is 4.79 Å². The summed E-state index contributed by atoms with van der Waals surface area (Å²) >= 11 is 1.51. The van der Waals surface area contributed by atoms with E-state index < -0.39 is 0 Å². The van der Waals surface area contributed by atoms with Gasteiger partial charge in [-0.05, 0) is 51.6 Å². The minimum atomic E-state index is 0.0224. The number of morpholine rings is 1. The van der Waals surface area contributed by atoms with E-state index in [0.29, 0.717) is 5.92 Å². The minimum absolute atomic E-state index is 0.0224. The Morgan fingerprint density at radius 3 is 2.74 bits per heavy atom. The van der Waals surface area contributed by atoms with E-state index in [4.69, 9.17) is 9.72 Å². The number of hydrogen-bond donors (Lipinski definition) is 1. The zero-order chi connectivity index (χ0) is 18.8. The van der Waals surface area contributed by atoms with Crippen molar-refractivity contribution in [3.05, 3.63) is 22.0 Å². The number of rotatable bonds is 7. The van der Waals surface area contributed by atoms with Crippen molar-refractivity contribution in [2.75, 3.05) is 39.4 Å². The maximum absolute atomic E-state index is 12.7. The Morgan fingerprint density at radius 2 is 2.00 bits per heavy atom. The number of amides is 1. The number of nitrogens with one attached hydrogen (secondary N) is 1. The monoisotopic (exact) mass is 388 g/mol. The van der Waals surface area contributed by atoms with E-state index in [1.54, 1.807) is 0 Å². The average molecular weight is 389 g/mol. The smallest absolute Gasteiger partial charge is 0.261 e. The molecule has 27 heavy (non-hydrogen) atoms. The Labute approximate surface area is 164 Å². The molecule has 1 saturated heterocycles. The molecule has 1 N–H and O–H groups in total. The molecule has 1 amide bonds. The van der Waals surface area contributed by atoms with Crippen molar-refractivity contribution in [2.24, 2.45) is 0 Å². The predicted molar refractivity (Wildman–Crippen MR) is 108 cm³/mol. The summed E-state index contributed by atoms with van der Waals surface area (Å²) in [5, 5.41) is 4.15. The van der Waals surface area contributed by atoms with Gasteiger partial charge in [-0.1, -0.05) is 0 Å². The molecule has 1 aliphatic heterocycles. The van der Waals surface area contributed by atoms with Gasteiger partial charge in [-0.2, -0.15) is 0 Å². The molecule has 2 aliphatic rings. The number of nitrogens with zero attached hydrogens (tertiary/aromatic N) is 3. The van der Waals surface area contributed by atoms with Crippen LogP contribution < -0.4 is 5.32 Å². The summed E-state index contributed by atoms with van der Waals surface area (Å²) in [5.41, 5.74) is 2.01. The molecule has 2 aromatic heterocycles. The first-order valence-corrected chi connectivity index (χ1v) is 10.8. The van der Waals surface area contributed by atoms with Crippen LogP contribution in [-0.2, 0) is 4.74 Å². The van der Waals surface area contributed by atoms with Crippen molar-refractivity contribution in [3.8, 4) is 0 Å². The van der Waals surface area contributed by atoms with E-state index in [-0.39, 0.29) is 5.91 Å². The molecule has 146 valence electrons. The van der Waals surface area contributed by atoms with Gasteiger partial charge in [-0.3, -0.25) is 9.69 Å². The summed E-state index contributed by atoms with van der Waals surface area (Å²) in [7, 11) is 0. The second-order valence-electron chi connectivity index (χ2n) is 7.59. The Morgan fingerprint density at radius 1 is 1.22 bits per heavy atom. The van der Waals surface area contributed by atoms with E-state index in [1.165, 1.54) is 24.2 Å². The van der Waals surface area contributed by atoms with Crippen LogP contribution in [0.1, 0.15) is 58.4 Å². The van der Waals surface area contributed by atoms with Gasteiger partial charge in [0.05, 0.1) is 23.8 Å². The summed E-state index contributed by atoms with van der Waals surface area (Å²) in [6.45, 7) is 9.57. The predicted octanol–water partition coefficient (Wildman–Crippen LogP) is 3.03. The molecule has 0 spiro atoms. The molecule has 0 atom stereocenters. The molecule has 0 aromatic carbocycles. The zero-order valence-corrected chi connectivity index (χ0v) is 17.0. The lowest BCUT2D eigenvalue weighted by molar-refractivity contribution is 0.0372. The van der Waals surface area contributed by atoms with E-state index >= 15 is 0 Å².